The molecule has 1 aliphatic rings. The Labute approximate surface area is 87.1 Å². The second-order valence-corrected chi connectivity index (χ2v) is 3.95. The minimum atomic E-state index is -1.08. The summed E-state index contributed by atoms with van der Waals surface area (Å²) in [5, 5.41) is 8.89. The van der Waals surface area contributed by atoms with Crippen LogP contribution in [0.3, 0.4) is 0 Å². The molecule has 0 spiro atoms. The molecule has 1 rings (SSSR count). The highest BCUT2D eigenvalue weighted by molar-refractivity contribution is 5.60. The maximum absolute atomic E-state index is 8.89. The van der Waals surface area contributed by atoms with E-state index in [0.717, 1.165) is 12.8 Å². The fourth-order valence-corrected chi connectivity index (χ4v) is 1.85. The third-order valence-electron chi connectivity index (χ3n) is 2.89. The van der Waals surface area contributed by atoms with E-state index in [0.29, 0.717) is 0 Å². The van der Waals surface area contributed by atoms with Gasteiger partial charge >= 0.3 is 0 Å². The van der Waals surface area contributed by atoms with E-state index in [9.17, 15) is 0 Å². The zero-order chi connectivity index (χ0) is 11.0. The van der Waals surface area contributed by atoms with E-state index in [1.807, 2.05) is 4.90 Å². The molecule has 0 radical (unpaired) electrons. The second kappa shape index (κ2) is 7.80. The van der Waals surface area contributed by atoms with Crippen molar-refractivity contribution in [2.24, 2.45) is 5.92 Å². The van der Waals surface area contributed by atoms with E-state index in [1.54, 1.807) is 0 Å². The maximum atomic E-state index is 8.89. The third kappa shape index (κ3) is 6.89. The first kappa shape index (κ1) is 13.4. The predicted molar refractivity (Wildman–Crippen MR) is 54.9 cm³/mol. The van der Waals surface area contributed by atoms with Crippen LogP contribution in [0.15, 0.2) is 0 Å². The Morgan fingerprint density at radius 1 is 1.36 bits per heavy atom. The maximum Gasteiger partial charge on any atom is 0.0773 e. The van der Waals surface area contributed by atoms with Crippen LogP contribution in [0.2, 0.25) is 0 Å². The molecule has 0 aromatic heterocycles. The summed E-state index contributed by atoms with van der Waals surface area (Å²) in [4.78, 5) is 10.7. The lowest BCUT2D eigenvalue weighted by molar-refractivity contribution is -0.904. The molecule has 1 heterocycles. The summed E-state index contributed by atoms with van der Waals surface area (Å²) in [6.07, 6.45) is 4.34. The van der Waals surface area contributed by atoms with Gasteiger partial charge in [0.25, 0.3) is 0 Å². The van der Waals surface area contributed by atoms with Crippen molar-refractivity contribution in [1.29, 1.82) is 0 Å². The van der Waals surface area contributed by atoms with Crippen LogP contribution in [-0.2, 0) is 4.79 Å². The van der Waals surface area contributed by atoms with E-state index in [4.69, 9.17) is 9.90 Å². The number of carboxylic acid groups (broad SMARTS) is 1. The van der Waals surface area contributed by atoms with Gasteiger partial charge in [0.15, 0.2) is 0 Å². The number of piperidine rings is 1. The molecule has 0 aromatic carbocycles. The number of carbonyl (C=O) groups excluding carboxylic acids is 1. The Hall–Kier alpha value is -0.570. The average Bonchev–Trinajstić information content (AvgIpc) is 2.17. The molecule has 0 saturated carbocycles. The second-order valence-electron chi connectivity index (χ2n) is 3.95. The van der Waals surface area contributed by atoms with Gasteiger partial charge in [0.05, 0.1) is 19.6 Å². The van der Waals surface area contributed by atoms with E-state index in [-0.39, 0.29) is 0 Å². The van der Waals surface area contributed by atoms with Crippen LogP contribution in [-0.4, -0.2) is 25.6 Å². The van der Waals surface area contributed by atoms with Crippen molar-refractivity contribution < 1.29 is 14.8 Å². The number of rotatable bonds is 2. The number of nitrogens with one attached hydrogen (secondary N) is 1. The van der Waals surface area contributed by atoms with Crippen molar-refractivity contribution in [3.05, 3.63) is 0 Å². The van der Waals surface area contributed by atoms with Gasteiger partial charge in [-0.2, -0.15) is 0 Å². The first-order chi connectivity index (χ1) is 6.60. The Bertz CT molecular complexity index is 135. The minimum Gasteiger partial charge on any atom is -0.550 e. The van der Waals surface area contributed by atoms with Crippen LogP contribution in [0.4, 0.5) is 0 Å². The molecule has 3 heteroatoms. The molecular formula is C11H23NO2. The summed E-state index contributed by atoms with van der Waals surface area (Å²) in [7, 11) is 0. The molecule has 0 unspecified atom stereocenters. The SMILES string of the molecule is CC(=O)[O-].CCC1CC[NH+](CC)CC1. The van der Waals surface area contributed by atoms with Crippen LogP contribution in [0.1, 0.15) is 40.0 Å². The molecule has 1 saturated heterocycles. The van der Waals surface area contributed by atoms with Crippen molar-refractivity contribution in [3.8, 4) is 0 Å². The van der Waals surface area contributed by atoms with Crippen molar-refractivity contribution in [3.63, 3.8) is 0 Å². The topological polar surface area (TPSA) is 44.6 Å². The molecular weight excluding hydrogens is 178 g/mol. The quantitative estimate of drug-likeness (QED) is 0.652. The summed E-state index contributed by atoms with van der Waals surface area (Å²) in [6, 6.07) is 0. The number of aliphatic carboxylic acids is 1. The first-order valence-electron chi connectivity index (χ1n) is 5.61. The molecule has 1 fully saturated rings. The van der Waals surface area contributed by atoms with Crippen LogP contribution in [0.5, 0.6) is 0 Å². The van der Waals surface area contributed by atoms with Crippen LogP contribution in [0.25, 0.3) is 0 Å². The fraction of sp³-hybridized carbons (Fsp3) is 0.909. The molecule has 14 heavy (non-hydrogen) atoms. The predicted octanol–water partition coefficient (Wildman–Crippen LogP) is -0.533. The summed E-state index contributed by atoms with van der Waals surface area (Å²) in [5.41, 5.74) is 0. The largest absolute Gasteiger partial charge is 0.550 e. The van der Waals surface area contributed by atoms with Crippen molar-refractivity contribution >= 4 is 5.97 Å². The van der Waals surface area contributed by atoms with Gasteiger partial charge in [-0.3, -0.25) is 0 Å². The highest BCUT2D eigenvalue weighted by atomic mass is 16.4. The number of likely N-dealkylation sites (tertiary alicyclic amines) is 1. The number of hydrogen-bond donors (Lipinski definition) is 1. The monoisotopic (exact) mass is 201 g/mol. The fourth-order valence-electron chi connectivity index (χ4n) is 1.85. The lowest BCUT2D eigenvalue weighted by atomic mass is 9.95. The Morgan fingerprint density at radius 3 is 2.07 bits per heavy atom. The summed E-state index contributed by atoms with van der Waals surface area (Å²) in [5.74, 6) is -0.0321. The smallest absolute Gasteiger partial charge is 0.0773 e. The Balaban J connectivity index is 0.000000364. The Kier molecular flexibility index (Phi) is 7.48. The molecule has 0 amide bonds. The van der Waals surface area contributed by atoms with Gasteiger partial charge < -0.3 is 14.8 Å². The van der Waals surface area contributed by atoms with Crippen molar-refractivity contribution in [2.45, 2.75) is 40.0 Å². The zero-order valence-electron chi connectivity index (χ0n) is 9.64. The molecule has 0 aromatic rings. The van der Waals surface area contributed by atoms with Gasteiger partial charge in [0, 0.05) is 5.97 Å². The zero-order valence-corrected chi connectivity index (χ0v) is 9.64. The summed E-state index contributed by atoms with van der Waals surface area (Å²) < 4.78 is 0. The number of carboxylic acids is 1. The number of quaternary nitrogens is 1. The molecule has 0 atom stereocenters. The molecule has 1 aliphatic heterocycles. The lowest BCUT2D eigenvalue weighted by Gasteiger charge is -2.27. The highest BCUT2D eigenvalue weighted by Crippen LogP contribution is 2.12. The first-order valence-corrected chi connectivity index (χ1v) is 5.61. The van der Waals surface area contributed by atoms with Crippen LogP contribution >= 0.6 is 0 Å². The normalized spacial score (nSPS) is 26.2. The highest BCUT2D eigenvalue weighted by Gasteiger charge is 2.18. The van der Waals surface area contributed by atoms with Gasteiger partial charge in [-0.15, -0.1) is 0 Å². The van der Waals surface area contributed by atoms with E-state index >= 15 is 0 Å². The third-order valence-corrected chi connectivity index (χ3v) is 2.89. The standard InChI is InChI=1S/C9H19N.C2H4O2/c1-3-9-5-7-10(4-2)8-6-9;1-2(3)4/h9H,3-8H2,1-2H3;1H3,(H,3,4). The molecule has 0 aliphatic carbocycles. The van der Waals surface area contributed by atoms with E-state index < -0.39 is 5.97 Å². The molecule has 0 bridgehead atoms. The van der Waals surface area contributed by atoms with Crippen molar-refractivity contribution in [2.75, 3.05) is 19.6 Å². The number of carbonyl (C=O) groups is 1. The molecule has 1 N–H and O–H groups in total. The Morgan fingerprint density at radius 2 is 1.79 bits per heavy atom. The van der Waals surface area contributed by atoms with Gasteiger partial charge in [0.2, 0.25) is 0 Å². The van der Waals surface area contributed by atoms with Crippen LogP contribution in [0, 0.1) is 5.92 Å². The average molecular weight is 201 g/mol. The van der Waals surface area contributed by atoms with Gasteiger partial charge in [-0.05, 0) is 32.6 Å². The lowest BCUT2D eigenvalue weighted by Crippen LogP contribution is -3.12. The van der Waals surface area contributed by atoms with E-state index in [1.165, 1.54) is 38.9 Å². The van der Waals surface area contributed by atoms with Gasteiger partial charge in [-0.1, -0.05) is 13.3 Å². The van der Waals surface area contributed by atoms with Gasteiger partial charge in [0.1, 0.15) is 0 Å². The number of hydrogen-bond acceptors (Lipinski definition) is 2. The molecule has 3 nitrogen and oxygen atoms in total. The van der Waals surface area contributed by atoms with E-state index in [2.05, 4.69) is 13.8 Å². The minimum absolute atomic E-state index is 0.972. The van der Waals surface area contributed by atoms with Crippen molar-refractivity contribution in [1.82, 2.24) is 0 Å². The molecule has 84 valence electrons. The van der Waals surface area contributed by atoms with Crippen LogP contribution < -0.4 is 10.0 Å². The summed E-state index contributed by atoms with van der Waals surface area (Å²) >= 11 is 0. The van der Waals surface area contributed by atoms with Gasteiger partial charge in [-0.25, -0.2) is 0 Å². The summed E-state index contributed by atoms with van der Waals surface area (Å²) in [6.45, 7) is 9.77.